The second-order valence-electron chi connectivity index (χ2n) is 6.26. The molecule has 1 aliphatic heterocycles. The van der Waals surface area contributed by atoms with Crippen molar-refractivity contribution in [3.8, 4) is 0 Å². The van der Waals surface area contributed by atoms with E-state index in [-0.39, 0.29) is 12.0 Å². The number of para-hydroxylation sites is 1. The number of ether oxygens (including phenoxy) is 1. The highest BCUT2D eigenvalue weighted by molar-refractivity contribution is 7.90. The number of sulfone groups is 1. The Morgan fingerprint density at radius 2 is 1.89 bits per heavy atom. The maximum atomic E-state index is 13.1. The molecule has 1 atom stereocenters. The van der Waals surface area contributed by atoms with Gasteiger partial charge in [-0.25, -0.2) is 13.2 Å². The molecular formula is C18H16N2O7S. The Balaban J connectivity index is 2.11. The van der Waals surface area contributed by atoms with Gasteiger partial charge in [-0.05, 0) is 23.8 Å². The van der Waals surface area contributed by atoms with E-state index in [1.54, 1.807) is 24.3 Å². The van der Waals surface area contributed by atoms with Gasteiger partial charge in [0, 0.05) is 30.0 Å². The highest BCUT2D eigenvalue weighted by Crippen LogP contribution is 2.35. The molecule has 2 aromatic rings. The van der Waals surface area contributed by atoms with E-state index in [0.717, 1.165) is 24.0 Å². The molecule has 0 fully saturated rings. The summed E-state index contributed by atoms with van der Waals surface area (Å²) in [5.74, 6) is -1.28. The average Bonchev–Trinajstić information content (AvgIpc) is 3.05. The Morgan fingerprint density at radius 1 is 1.21 bits per heavy atom. The third-order valence-corrected chi connectivity index (χ3v) is 5.61. The molecular weight excluding hydrogens is 388 g/mol. The Bertz CT molecular complexity index is 1090. The molecule has 28 heavy (non-hydrogen) atoms. The van der Waals surface area contributed by atoms with Crippen LogP contribution in [0, 0.1) is 10.1 Å². The number of nitro benzene ring substituents is 1. The zero-order chi connectivity index (χ0) is 20.6. The van der Waals surface area contributed by atoms with Crippen molar-refractivity contribution in [3.05, 3.63) is 63.7 Å². The third kappa shape index (κ3) is 3.33. The lowest BCUT2D eigenvalue weighted by Crippen LogP contribution is -2.43. The van der Waals surface area contributed by atoms with E-state index in [0.29, 0.717) is 5.69 Å². The maximum absolute atomic E-state index is 13.1. The van der Waals surface area contributed by atoms with Crippen LogP contribution in [0.4, 0.5) is 11.4 Å². The topological polar surface area (TPSA) is 124 Å². The van der Waals surface area contributed by atoms with Crippen LogP contribution in [0.25, 0.3) is 0 Å². The minimum absolute atomic E-state index is 0.107. The third-order valence-electron chi connectivity index (χ3n) is 4.47. The summed E-state index contributed by atoms with van der Waals surface area (Å²) in [6, 6.07) is 9.12. The Hall–Kier alpha value is -3.27. The molecule has 0 bridgehead atoms. The van der Waals surface area contributed by atoms with Crippen LogP contribution in [0.1, 0.15) is 15.9 Å². The van der Waals surface area contributed by atoms with E-state index >= 15 is 0 Å². The summed E-state index contributed by atoms with van der Waals surface area (Å²) in [5, 5.41) is 11.3. The number of fused-ring (bicyclic) bond motifs is 1. The van der Waals surface area contributed by atoms with Crippen molar-refractivity contribution < 1.29 is 27.7 Å². The quantitative estimate of drug-likeness (QED) is 0.432. The number of hydrogen-bond donors (Lipinski definition) is 0. The molecule has 9 nitrogen and oxygen atoms in total. The first kappa shape index (κ1) is 19.5. The van der Waals surface area contributed by atoms with E-state index in [2.05, 4.69) is 0 Å². The Labute approximate surface area is 160 Å². The van der Waals surface area contributed by atoms with Gasteiger partial charge in [0.25, 0.3) is 11.6 Å². The molecule has 0 aromatic heterocycles. The van der Waals surface area contributed by atoms with Gasteiger partial charge in [-0.15, -0.1) is 0 Å². The number of nitro groups is 1. The molecule has 1 aliphatic rings. The van der Waals surface area contributed by atoms with Gasteiger partial charge in [0.1, 0.15) is 10.9 Å². The molecule has 0 saturated heterocycles. The molecule has 3 rings (SSSR count). The van der Waals surface area contributed by atoms with Gasteiger partial charge in [-0.1, -0.05) is 18.2 Å². The number of methoxy groups -OCH3 is 1. The molecule has 0 radical (unpaired) electrons. The van der Waals surface area contributed by atoms with Crippen LogP contribution in [-0.2, 0) is 25.8 Å². The van der Waals surface area contributed by atoms with E-state index in [1.165, 1.54) is 18.1 Å². The minimum atomic E-state index is -3.86. The number of hydrogen-bond acceptors (Lipinski definition) is 7. The molecule has 1 unspecified atom stereocenters. The first-order valence-corrected chi connectivity index (χ1v) is 10.0. The largest absolute Gasteiger partial charge is 0.467 e. The van der Waals surface area contributed by atoms with Gasteiger partial charge < -0.3 is 4.74 Å². The number of nitrogens with zero attached hydrogens (tertiary/aromatic N) is 2. The van der Waals surface area contributed by atoms with Crippen molar-refractivity contribution in [3.63, 3.8) is 0 Å². The molecule has 2 aromatic carbocycles. The Kier molecular flexibility index (Phi) is 4.90. The molecule has 1 amide bonds. The van der Waals surface area contributed by atoms with Crippen LogP contribution in [0.15, 0.2) is 47.4 Å². The van der Waals surface area contributed by atoms with Gasteiger partial charge in [0.05, 0.1) is 12.0 Å². The Morgan fingerprint density at radius 3 is 2.50 bits per heavy atom. The van der Waals surface area contributed by atoms with E-state index in [1.807, 2.05) is 0 Å². The summed E-state index contributed by atoms with van der Waals surface area (Å²) in [7, 11) is -2.65. The van der Waals surface area contributed by atoms with Gasteiger partial charge in [0.2, 0.25) is 0 Å². The molecule has 0 N–H and O–H groups in total. The first-order valence-electron chi connectivity index (χ1n) is 8.13. The highest BCUT2D eigenvalue weighted by atomic mass is 32.2. The smallest absolute Gasteiger partial charge is 0.329 e. The maximum Gasteiger partial charge on any atom is 0.329 e. The van der Waals surface area contributed by atoms with Crippen LogP contribution in [0.3, 0.4) is 0 Å². The predicted molar refractivity (Wildman–Crippen MR) is 99.0 cm³/mol. The number of amides is 1. The lowest BCUT2D eigenvalue weighted by molar-refractivity contribution is -0.387. The second-order valence-corrected chi connectivity index (χ2v) is 8.24. The number of benzene rings is 2. The summed E-state index contributed by atoms with van der Waals surface area (Å²) >= 11 is 0. The van der Waals surface area contributed by atoms with Crippen molar-refractivity contribution in [1.29, 1.82) is 0 Å². The van der Waals surface area contributed by atoms with Crippen molar-refractivity contribution in [1.82, 2.24) is 0 Å². The van der Waals surface area contributed by atoms with Crippen molar-refractivity contribution in [2.75, 3.05) is 18.3 Å². The number of carbonyl (C=O) groups is 2. The lowest BCUT2D eigenvalue weighted by atomic mass is 10.1. The average molecular weight is 404 g/mol. The van der Waals surface area contributed by atoms with Gasteiger partial charge in [-0.2, -0.15) is 0 Å². The van der Waals surface area contributed by atoms with Crippen molar-refractivity contribution in [2.24, 2.45) is 0 Å². The molecule has 10 heteroatoms. The van der Waals surface area contributed by atoms with Gasteiger partial charge in [-0.3, -0.25) is 19.8 Å². The number of carbonyl (C=O) groups excluding carboxylic acids is 2. The summed E-state index contributed by atoms with van der Waals surface area (Å²) < 4.78 is 28.3. The monoisotopic (exact) mass is 404 g/mol. The SMILES string of the molecule is COC(=O)C1Cc2ccccc2N1C(=O)c1ccc(S(C)(=O)=O)c([N+](=O)[O-])c1. The normalized spacial score (nSPS) is 15.8. The molecule has 0 aliphatic carbocycles. The highest BCUT2D eigenvalue weighted by Gasteiger charge is 2.40. The van der Waals surface area contributed by atoms with Crippen LogP contribution < -0.4 is 4.90 Å². The molecule has 0 saturated carbocycles. The van der Waals surface area contributed by atoms with Crippen molar-refractivity contribution >= 4 is 33.1 Å². The molecule has 0 spiro atoms. The zero-order valence-corrected chi connectivity index (χ0v) is 15.8. The van der Waals surface area contributed by atoms with E-state index in [9.17, 15) is 28.1 Å². The fraction of sp³-hybridized carbons (Fsp3) is 0.222. The summed E-state index contributed by atoms with van der Waals surface area (Å²) in [4.78, 5) is 36.5. The standard InChI is InChI=1S/C18H16N2O7S/c1-27-18(22)15-9-11-5-3-4-6-13(11)19(15)17(21)12-7-8-16(28(2,25)26)14(10-12)20(23)24/h3-8,10,15H,9H2,1-2H3. The second kappa shape index (κ2) is 7.04. The predicted octanol–water partition coefficient (Wildman–Crippen LogP) is 1.74. The fourth-order valence-corrected chi connectivity index (χ4v) is 4.04. The van der Waals surface area contributed by atoms with E-state index < -0.39 is 43.3 Å². The molecule has 146 valence electrons. The first-order chi connectivity index (χ1) is 13.1. The molecule has 1 heterocycles. The van der Waals surface area contributed by atoms with Crippen LogP contribution in [0.2, 0.25) is 0 Å². The summed E-state index contributed by atoms with van der Waals surface area (Å²) in [5.41, 5.74) is 0.450. The number of esters is 1. The number of anilines is 1. The van der Waals surface area contributed by atoms with Crippen LogP contribution >= 0.6 is 0 Å². The summed E-state index contributed by atoms with van der Waals surface area (Å²) in [6.07, 6.45) is 1.10. The fourth-order valence-electron chi connectivity index (χ4n) is 3.21. The van der Waals surface area contributed by atoms with Crippen LogP contribution in [-0.4, -0.2) is 44.6 Å². The van der Waals surface area contributed by atoms with E-state index in [4.69, 9.17) is 4.74 Å². The lowest BCUT2D eigenvalue weighted by Gasteiger charge is -2.23. The van der Waals surface area contributed by atoms with Crippen LogP contribution in [0.5, 0.6) is 0 Å². The minimum Gasteiger partial charge on any atom is -0.467 e. The zero-order valence-electron chi connectivity index (χ0n) is 15.0. The van der Waals surface area contributed by atoms with Gasteiger partial charge in [0.15, 0.2) is 9.84 Å². The van der Waals surface area contributed by atoms with Crippen molar-refractivity contribution in [2.45, 2.75) is 17.4 Å². The van der Waals surface area contributed by atoms with Gasteiger partial charge >= 0.3 is 5.97 Å². The summed E-state index contributed by atoms with van der Waals surface area (Å²) in [6.45, 7) is 0. The number of rotatable bonds is 4.